The maximum atomic E-state index is 9.79. The van der Waals surface area contributed by atoms with Crippen molar-refractivity contribution < 1.29 is 5.11 Å². The van der Waals surface area contributed by atoms with E-state index in [2.05, 4.69) is 15.3 Å². The molecule has 0 atom stereocenters. The second-order valence-electron chi connectivity index (χ2n) is 4.19. The molecule has 90 valence electrons. The zero-order chi connectivity index (χ0) is 12.4. The van der Waals surface area contributed by atoms with Crippen LogP contribution in [-0.4, -0.2) is 15.1 Å². The molecular weight excluding hydrogens is 226 g/mol. The number of aryl methyl sites for hydroxylation is 1. The minimum atomic E-state index is 0.245. The number of nitrogens with zero attached hydrogens (tertiary/aromatic N) is 2. The standard InChI is InChI=1S/C14H13N3O/c18-12-8-4-5-10-9-15-14(17-13(10)12)16-11-6-2-1-3-7-11/h1-3,6-9,18H,4-5H2,(H,15,16,17). The van der Waals surface area contributed by atoms with E-state index in [4.69, 9.17) is 0 Å². The van der Waals surface area contributed by atoms with E-state index in [1.807, 2.05) is 30.3 Å². The van der Waals surface area contributed by atoms with Gasteiger partial charge in [-0.15, -0.1) is 0 Å². The Bertz CT molecular complexity index is 593. The number of aromatic nitrogens is 2. The average molecular weight is 239 g/mol. The molecule has 0 unspecified atom stereocenters. The first kappa shape index (κ1) is 10.8. The molecule has 4 heteroatoms. The van der Waals surface area contributed by atoms with Gasteiger partial charge in [0, 0.05) is 17.4 Å². The van der Waals surface area contributed by atoms with Gasteiger partial charge in [-0.2, -0.15) is 0 Å². The molecule has 4 nitrogen and oxygen atoms in total. The molecular formula is C14H13N3O. The number of aliphatic hydroxyl groups excluding tert-OH is 1. The summed E-state index contributed by atoms with van der Waals surface area (Å²) < 4.78 is 0. The summed E-state index contributed by atoms with van der Waals surface area (Å²) in [5.41, 5.74) is 2.56. The SMILES string of the molecule is OC1=CCCc2cnc(Nc3ccccc3)nc21. The fourth-order valence-corrected chi connectivity index (χ4v) is 1.98. The third-order valence-corrected chi connectivity index (χ3v) is 2.89. The highest BCUT2D eigenvalue weighted by Gasteiger charge is 2.14. The lowest BCUT2D eigenvalue weighted by atomic mass is 10.0. The molecule has 0 aliphatic heterocycles. The van der Waals surface area contributed by atoms with Crippen molar-refractivity contribution in [2.45, 2.75) is 12.8 Å². The second-order valence-corrected chi connectivity index (χ2v) is 4.19. The molecule has 0 saturated heterocycles. The van der Waals surface area contributed by atoms with Gasteiger partial charge in [0.1, 0.15) is 11.5 Å². The molecule has 0 radical (unpaired) electrons. The van der Waals surface area contributed by atoms with Crippen molar-refractivity contribution in [1.29, 1.82) is 0 Å². The molecule has 1 aromatic heterocycles. The van der Waals surface area contributed by atoms with E-state index < -0.39 is 0 Å². The second kappa shape index (κ2) is 4.49. The molecule has 2 aromatic rings. The highest BCUT2D eigenvalue weighted by Crippen LogP contribution is 2.23. The van der Waals surface area contributed by atoms with Crippen LogP contribution in [0.4, 0.5) is 11.6 Å². The van der Waals surface area contributed by atoms with Crippen molar-refractivity contribution in [2.24, 2.45) is 0 Å². The topological polar surface area (TPSA) is 58.0 Å². The van der Waals surface area contributed by atoms with Crippen molar-refractivity contribution in [3.63, 3.8) is 0 Å². The van der Waals surface area contributed by atoms with Crippen molar-refractivity contribution >= 4 is 17.4 Å². The summed E-state index contributed by atoms with van der Waals surface area (Å²) in [6.07, 6.45) is 5.29. The average Bonchev–Trinajstić information content (AvgIpc) is 2.41. The van der Waals surface area contributed by atoms with Crippen LogP contribution in [0.3, 0.4) is 0 Å². The van der Waals surface area contributed by atoms with E-state index in [0.717, 1.165) is 24.1 Å². The maximum Gasteiger partial charge on any atom is 0.227 e. The van der Waals surface area contributed by atoms with Gasteiger partial charge in [0.2, 0.25) is 5.95 Å². The number of rotatable bonds is 2. The molecule has 1 aliphatic carbocycles. The summed E-state index contributed by atoms with van der Waals surface area (Å²) in [4.78, 5) is 8.61. The van der Waals surface area contributed by atoms with Gasteiger partial charge in [-0.05, 0) is 31.1 Å². The zero-order valence-electron chi connectivity index (χ0n) is 9.80. The molecule has 1 aromatic carbocycles. The van der Waals surface area contributed by atoms with Gasteiger partial charge in [-0.25, -0.2) is 9.97 Å². The Kier molecular flexibility index (Phi) is 2.68. The molecule has 1 aliphatic rings. The number of fused-ring (bicyclic) bond motifs is 1. The van der Waals surface area contributed by atoms with Gasteiger partial charge in [-0.3, -0.25) is 0 Å². The van der Waals surface area contributed by atoms with Crippen LogP contribution in [0.25, 0.3) is 5.76 Å². The fraction of sp³-hybridized carbons (Fsp3) is 0.143. The highest BCUT2D eigenvalue weighted by molar-refractivity contribution is 5.62. The lowest BCUT2D eigenvalue weighted by molar-refractivity contribution is 0.501. The van der Waals surface area contributed by atoms with Crippen LogP contribution in [0.1, 0.15) is 17.7 Å². The summed E-state index contributed by atoms with van der Waals surface area (Å²) in [6, 6.07) is 9.72. The number of aliphatic hydroxyl groups is 1. The fourth-order valence-electron chi connectivity index (χ4n) is 1.98. The van der Waals surface area contributed by atoms with Crippen LogP contribution < -0.4 is 5.32 Å². The summed E-state index contributed by atoms with van der Waals surface area (Å²) in [6.45, 7) is 0. The number of anilines is 2. The van der Waals surface area contributed by atoms with Gasteiger partial charge >= 0.3 is 0 Å². The van der Waals surface area contributed by atoms with Crippen LogP contribution in [0.15, 0.2) is 42.6 Å². The normalized spacial score (nSPS) is 13.7. The Hall–Kier alpha value is -2.36. The monoisotopic (exact) mass is 239 g/mol. The van der Waals surface area contributed by atoms with Gasteiger partial charge in [0.15, 0.2) is 0 Å². The predicted molar refractivity (Wildman–Crippen MR) is 70.7 cm³/mol. The van der Waals surface area contributed by atoms with Crippen molar-refractivity contribution in [1.82, 2.24) is 9.97 Å². The third kappa shape index (κ3) is 2.05. The van der Waals surface area contributed by atoms with Crippen LogP contribution in [0.2, 0.25) is 0 Å². The molecule has 0 saturated carbocycles. The van der Waals surface area contributed by atoms with Crippen molar-refractivity contribution in [2.75, 3.05) is 5.32 Å². The first-order valence-electron chi connectivity index (χ1n) is 5.90. The van der Waals surface area contributed by atoms with Gasteiger partial charge in [-0.1, -0.05) is 18.2 Å². The van der Waals surface area contributed by atoms with Crippen LogP contribution in [0, 0.1) is 0 Å². The summed E-state index contributed by atoms with van der Waals surface area (Å²) in [5.74, 6) is 0.747. The zero-order valence-corrected chi connectivity index (χ0v) is 9.80. The van der Waals surface area contributed by atoms with Gasteiger partial charge in [0.25, 0.3) is 0 Å². The van der Waals surface area contributed by atoms with E-state index >= 15 is 0 Å². The Labute approximate surface area is 105 Å². The first-order chi connectivity index (χ1) is 8.83. The maximum absolute atomic E-state index is 9.79. The summed E-state index contributed by atoms with van der Waals surface area (Å²) in [7, 11) is 0. The lowest BCUT2D eigenvalue weighted by Gasteiger charge is -2.13. The van der Waals surface area contributed by atoms with E-state index in [9.17, 15) is 5.11 Å². The van der Waals surface area contributed by atoms with Crippen LogP contribution in [0.5, 0.6) is 0 Å². The minimum absolute atomic E-state index is 0.245. The Morgan fingerprint density at radius 3 is 2.83 bits per heavy atom. The van der Waals surface area contributed by atoms with Gasteiger partial charge in [0.05, 0.1) is 0 Å². The number of hydrogen-bond acceptors (Lipinski definition) is 4. The number of para-hydroxylation sites is 1. The van der Waals surface area contributed by atoms with Gasteiger partial charge < -0.3 is 10.4 Å². The molecule has 0 amide bonds. The van der Waals surface area contributed by atoms with E-state index in [1.165, 1.54) is 0 Å². The van der Waals surface area contributed by atoms with E-state index in [-0.39, 0.29) is 5.76 Å². The predicted octanol–water partition coefficient (Wildman–Crippen LogP) is 3.07. The Balaban J connectivity index is 1.91. The molecule has 1 heterocycles. The quantitative estimate of drug-likeness (QED) is 0.845. The first-order valence-corrected chi connectivity index (χ1v) is 5.90. The van der Waals surface area contributed by atoms with E-state index in [1.54, 1.807) is 12.3 Å². The van der Waals surface area contributed by atoms with Crippen LogP contribution >= 0.6 is 0 Å². The Morgan fingerprint density at radius 1 is 1.17 bits per heavy atom. The Morgan fingerprint density at radius 2 is 2.00 bits per heavy atom. The van der Waals surface area contributed by atoms with Crippen molar-refractivity contribution in [3.8, 4) is 0 Å². The number of hydrogen-bond donors (Lipinski definition) is 2. The van der Waals surface area contributed by atoms with Crippen molar-refractivity contribution in [3.05, 3.63) is 53.9 Å². The number of allylic oxidation sites excluding steroid dienone is 1. The minimum Gasteiger partial charge on any atom is -0.506 e. The third-order valence-electron chi connectivity index (χ3n) is 2.89. The summed E-state index contributed by atoms with van der Waals surface area (Å²) in [5, 5.41) is 12.9. The largest absolute Gasteiger partial charge is 0.506 e. The summed E-state index contributed by atoms with van der Waals surface area (Å²) >= 11 is 0. The lowest BCUT2D eigenvalue weighted by Crippen LogP contribution is -2.06. The number of benzene rings is 1. The molecule has 2 N–H and O–H groups in total. The molecule has 3 rings (SSSR count). The molecule has 18 heavy (non-hydrogen) atoms. The van der Waals surface area contributed by atoms with E-state index in [0.29, 0.717) is 11.6 Å². The van der Waals surface area contributed by atoms with Crippen LogP contribution in [-0.2, 0) is 6.42 Å². The number of nitrogens with one attached hydrogen (secondary N) is 1. The molecule has 0 fully saturated rings. The molecule has 0 spiro atoms. The highest BCUT2D eigenvalue weighted by atomic mass is 16.3. The smallest absolute Gasteiger partial charge is 0.227 e. The molecule has 0 bridgehead atoms.